The summed E-state index contributed by atoms with van der Waals surface area (Å²) < 4.78 is -3.97. The summed E-state index contributed by atoms with van der Waals surface area (Å²) in [6, 6.07) is 0. The first-order valence-corrected chi connectivity index (χ1v) is 6.52. The van der Waals surface area contributed by atoms with Crippen LogP contribution in [-0.4, -0.2) is 17.9 Å². The van der Waals surface area contributed by atoms with E-state index in [1.54, 1.807) is 0 Å². The number of rotatable bonds is 0. The molecule has 0 saturated carbocycles. The highest BCUT2D eigenvalue weighted by Gasteiger charge is 2.33. The smallest absolute Gasteiger partial charge is 0.260 e. The molecule has 0 aliphatic heterocycles. The average molecular weight is 413 g/mol. The Bertz CT molecular complexity index is 148. The molecule has 0 aliphatic rings. The normalized spacial score (nSPS) is 10.4. The lowest BCUT2D eigenvalue weighted by atomic mass is 11.4. The van der Waals surface area contributed by atoms with Crippen LogP contribution in [0.5, 0.6) is 0 Å². The Morgan fingerprint density at radius 1 is 1.00 bits per heavy atom. The number of halogens is 8. The van der Waals surface area contributed by atoms with Crippen LogP contribution in [0.25, 0.3) is 0 Å². The van der Waals surface area contributed by atoms with Crippen molar-refractivity contribution in [3.63, 3.8) is 0 Å². The van der Waals surface area contributed by atoms with Crippen LogP contribution in [0.1, 0.15) is 0 Å². The molecule has 0 radical (unpaired) electrons. The summed E-state index contributed by atoms with van der Waals surface area (Å²) in [6.45, 7) is 0. The van der Waals surface area contributed by atoms with Crippen LogP contribution in [0.2, 0.25) is 0 Å². The third-order valence-corrected chi connectivity index (χ3v) is 0.621. The van der Waals surface area contributed by atoms with E-state index in [4.69, 9.17) is 81.2 Å². The zero-order chi connectivity index (χ0) is 12.6. The van der Waals surface area contributed by atoms with Crippen molar-refractivity contribution < 1.29 is 4.92 Å². The van der Waals surface area contributed by atoms with Crippen LogP contribution in [0, 0.1) is 10.1 Å². The Kier molecular flexibility index (Phi) is 15.3. The van der Waals surface area contributed by atoms with Crippen molar-refractivity contribution >= 4 is 97.1 Å². The van der Waals surface area contributed by atoms with Gasteiger partial charge in [-0.25, -0.2) is 0 Å². The fraction of sp³-hybridized carbons (Fsp3) is 1.00. The molecule has 0 aliphatic carbocycles. The van der Waals surface area contributed by atoms with E-state index >= 15 is 0 Å². The van der Waals surface area contributed by atoms with Gasteiger partial charge in [0.05, 0.1) is 4.92 Å². The molecule has 3 nitrogen and oxygen atoms in total. The maximum atomic E-state index is 9.43. The van der Waals surface area contributed by atoms with E-state index < -0.39 is 12.1 Å². The molecule has 0 aromatic heterocycles. The summed E-state index contributed by atoms with van der Waals surface area (Å²) in [6.07, 6.45) is 0. The number of nitrogens with zero attached hydrogens (tertiary/aromatic N) is 1. The third-order valence-electron chi connectivity index (χ3n) is 0.207. The van der Waals surface area contributed by atoms with Crippen molar-refractivity contribution in [1.82, 2.24) is 0 Å². The molecule has 14 heavy (non-hydrogen) atoms. The second kappa shape index (κ2) is 10.1. The van der Waals surface area contributed by atoms with E-state index in [9.17, 15) is 10.1 Å². The number of nitro groups is 1. The van der Waals surface area contributed by atoms with Gasteiger partial charge in [0.25, 0.3) is 3.25 Å². The molecule has 0 aromatic carbocycles. The summed E-state index contributed by atoms with van der Waals surface area (Å²) >= 11 is 36.3. The lowest BCUT2D eigenvalue weighted by Crippen LogP contribution is -2.15. The Hall–Kier alpha value is 1.91. The van der Waals surface area contributed by atoms with Gasteiger partial charge in [0.15, 0.2) is 0 Å². The molecule has 0 amide bonds. The zero-order valence-electron chi connectivity index (χ0n) is 6.29. The molecule has 0 unspecified atom stereocenters. The van der Waals surface area contributed by atoms with Gasteiger partial charge in [-0.15, -0.1) is 0 Å². The second-order valence-electron chi connectivity index (χ2n) is 1.15. The van der Waals surface area contributed by atoms with Gasteiger partial charge in [0.1, 0.15) is 0 Å². The Morgan fingerprint density at radius 2 is 1.07 bits per heavy atom. The average Bonchev–Trinajstić information content (AvgIpc) is 1.86. The Morgan fingerprint density at radius 3 is 1.07 bits per heavy atom. The molecule has 0 spiro atoms. The Labute approximate surface area is 124 Å². The highest BCUT2D eigenvalue weighted by atomic mass is 79.9. The lowest BCUT2D eigenvalue weighted by molar-refractivity contribution is -0.491. The predicted octanol–water partition coefficient (Wildman–Crippen LogP) is 5.15. The highest BCUT2D eigenvalue weighted by molar-refractivity contribution is 9.08. The summed E-state index contributed by atoms with van der Waals surface area (Å²) in [5.41, 5.74) is 0. The van der Waals surface area contributed by atoms with Gasteiger partial charge in [-0.1, -0.05) is 62.3 Å². The van der Waals surface area contributed by atoms with Crippen molar-refractivity contribution in [2.45, 2.75) is 7.17 Å². The number of alkyl halides is 8. The van der Waals surface area contributed by atoms with Gasteiger partial charge in [-0.3, -0.25) is 10.1 Å². The molecule has 0 saturated heterocycles. The lowest BCUT2D eigenvalue weighted by Gasteiger charge is -1.96. The van der Waals surface area contributed by atoms with E-state index in [2.05, 4.69) is 15.9 Å². The van der Waals surface area contributed by atoms with E-state index in [0.29, 0.717) is 0 Å². The molecule has 0 fully saturated rings. The topological polar surface area (TPSA) is 43.1 Å². The minimum Gasteiger partial charge on any atom is -0.260 e. The van der Waals surface area contributed by atoms with Crippen LogP contribution in [0.15, 0.2) is 0 Å². The van der Waals surface area contributed by atoms with Crippen molar-refractivity contribution in [3.8, 4) is 0 Å². The van der Waals surface area contributed by atoms with Crippen molar-refractivity contribution in [2.75, 3.05) is 5.83 Å². The van der Waals surface area contributed by atoms with Gasteiger partial charge in [-0.05, 0) is 40.6 Å². The van der Waals surface area contributed by atoms with E-state index in [0.717, 1.165) is 0 Å². The van der Waals surface area contributed by atoms with Crippen LogP contribution in [0.4, 0.5) is 0 Å². The van der Waals surface area contributed by atoms with Gasteiger partial charge in [0, 0.05) is 0 Å². The molecule has 11 heteroatoms. The largest absolute Gasteiger partial charge is 0.449 e. The first-order valence-electron chi connectivity index (χ1n) is 2.29. The molecule has 0 N–H and O–H groups in total. The maximum Gasteiger partial charge on any atom is 0.449 e. The van der Waals surface area contributed by atoms with Crippen molar-refractivity contribution in [1.29, 1.82) is 0 Å². The molecular formula is C3H3BrCl7NO2. The van der Waals surface area contributed by atoms with Crippen molar-refractivity contribution in [2.24, 2.45) is 0 Å². The van der Waals surface area contributed by atoms with Gasteiger partial charge >= 0.3 is 3.92 Å². The van der Waals surface area contributed by atoms with E-state index in [-0.39, 0.29) is 0 Å². The first kappa shape index (κ1) is 21.2. The molecule has 0 rings (SSSR count). The zero-order valence-corrected chi connectivity index (χ0v) is 13.2. The van der Waals surface area contributed by atoms with Gasteiger partial charge in [0.2, 0.25) is 0 Å². The number of hydrogen-bond acceptors (Lipinski definition) is 2. The standard InChI is InChI=1S/CH3Br.CCl4.CCl3NO2/c1-2;2-1(3,4)5;2-1(3,4)5(6)7/h1H3;;. The summed E-state index contributed by atoms with van der Waals surface area (Å²) in [4.78, 5) is 8.41. The summed E-state index contributed by atoms with van der Waals surface area (Å²) in [5, 5.41) is 9.43. The van der Waals surface area contributed by atoms with Crippen LogP contribution < -0.4 is 0 Å². The van der Waals surface area contributed by atoms with Crippen LogP contribution in [-0.2, 0) is 0 Å². The third kappa shape index (κ3) is 37.1. The molecule has 0 aromatic rings. The number of hydrogen-bond donors (Lipinski definition) is 0. The molecule has 0 atom stereocenters. The molecule has 88 valence electrons. The maximum absolute atomic E-state index is 9.43. The highest BCUT2D eigenvalue weighted by Crippen LogP contribution is 2.29. The first-order chi connectivity index (χ1) is 5.94. The Balaban J connectivity index is -0.000000152. The predicted molar refractivity (Wildman–Crippen MR) is 68.3 cm³/mol. The van der Waals surface area contributed by atoms with Gasteiger partial charge < -0.3 is 0 Å². The molecule has 0 heterocycles. The van der Waals surface area contributed by atoms with Crippen LogP contribution >= 0.6 is 97.1 Å². The molecular weight excluding hydrogens is 410 g/mol. The minimum atomic E-state index is -2.36. The quantitative estimate of drug-likeness (QED) is 0.239. The van der Waals surface area contributed by atoms with Gasteiger partial charge in [-0.2, -0.15) is 0 Å². The summed E-state index contributed by atoms with van der Waals surface area (Å²) in [7, 11) is 0. The molecule has 0 bridgehead atoms. The second-order valence-corrected chi connectivity index (χ2v) is 6.80. The van der Waals surface area contributed by atoms with E-state index in [1.807, 2.05) is 5.83 Å². The fourth-order valence-electron chi connectivity index (χ4n) is 0. The van der Waals surface area contributed by atoms with Crippen LogP contribution in [0.3, 0.4) is 0 Å². The summed E-state index contributed by atoms with van der Waals surface area (Å²) in [5.74, 6) is 1.81. The minimum absolute atomic E-state index is 1.02. The SMILES string of the molecule is CBr.ClC(Cl)(Cl)Cl.O=[N+]([O-])C(Cl)(Cl)Cl. The monoisotopic (exact) mass is 409 g/mol. The fourth-order valence-corrected chi connectivity index (χ4v) is 0. The van der Waals surface area contributed by atoms with E-state index in [1.165, 1.54) is 0 Å². The van der Waals surface area contributed by atoms with Crippen molar-refractivity contribution in [3.05, 3.63) is 10.1 Å².